The molecule has 0 saturated heterocycles. The van der Waals surface area contributed by atoms with Gasteiger partial charge in [-0.25, -0.2) is 4.21 Å². The second-order valence-corrected chi connectivity index (χ2v) is 4.53. The molecule has 1 aromatic carbocycles. The van der Waals surface area contributed by atoms with E-state index in [0.717, 1.165) is 16.7 Å². The van der Waals surface area contributed by atoms with E-state index in [4.69, 9.17) is 4.55 Å². The zero-order chi connectivity index (χ0) is 9.84. The van der Waals surface area contributed by atoms with Crippen molar-refractivity contribution in [1.29, 1.82) is 0 Å². The van der Waals surface area contributed by atoms with E-state index < -0.39 is 11.1 Å². The van der Waals surface area contributed by atoms with Crippen molar-refractivity contribution < 1.29 is 13.6 Å². The Hall–Kier alpha value is -0.650. The van der Waals surface area contributed by atoms with Gasteiger partial charge in [-0.05, 0) is 24.3 Å². The number of benzene rings is 1. The van der Waals surface area contributed by atoms with Crippen molar-refractivity contribution in [3.8, 4) is 0 Å². The summed E-state index contributed by atoms with van der Waals surface area (Å²) < 4.78 is 19.3. The quantitative estimate of drug-likeness (QED) is 0.606. The molecule has 0 bridgehead atoms. The van der Waals surface area contributed by atoms with Gasteiger partial charge in [0.15, 0.2) is 16.2 Å². The smallest absolute Gasteiger partial charge is 0.190 e. The fourth-order valence-corrected chi connectivity index (χ4v) is 1.76. The molecule has 0 radical (unpaired) electrons. The van der Waals surface area contributed by atoms with Gasteiger partial charge in [0, 0.05) is 11.8 Å². The van der Waals surface area contributed by atoms with Crippen molar-refractivity contribution in [2.45, 2.75) is 16.7 Å². The van der Waals surface area contributed by atoms with Crippen LogP contribution < -0.4 is 0 Å². The molecular weight excluding hydrogens is 208 g/mol. The summed E-state index contributed by atoms with van der Waals surface area (Å²) in [6.07, 6.45) is 0. The molecule has 0 saturated carbocycles. The number of rotatable bonds is 2. The Bertz CT molecular complexity index is 332. The molecule has 70 valence electrons. The number of hydrogen-bond acceptors (Lipinski definition) is 3. The fraction of sp³-hybridized carbons (Fsp3) is 0.125. The molecule has 0 aliphatic heterocycles. The van der Waals surface area contributed by atoms with E-state index in [1.165, 1.54) is 19.1 Å². The maximum Gasteiger partial charge on any atom is 0.190 e. The summed E-state index contributed by atoms with van der Waals surface area (Å²) in [6.45, 7) is 1.47. The summed E-state index contributed by atoms with van der Waals surface area (Å²) in [5.74, 6) is 0. The predicted molar refractivity (Wildman–Crippen MR) is 52.0 cm³/mol. The number of carbonyl (C=O) groups is 1. The zero-order valence-electron chi connectivity index (χ0n) is 6.89. The van der Waals surface area contributed by atoms with Crippen molar-refractivity contribution in [2.75, 3.05) is 0 Å². The molecular formula is C8H8O3S2. The molecule has 0 aliphatic carbocycles. The fourth-order valence-electron chi connectivity index (χ4n) is 0.790. The van der Waals surface area contributed by atoms with Gasteiger partial charge in [-0.15, -0.1) is 0 Å². The topological polar surface area (TPSA) is 54.4 Å². The summed E-state index contributed by atoms with van der Waals surface area (Å²) in [5, 5.41) is -0.00197. The first-order valence-corrected chi connectivity index (χ1v) is 5.41. The van der Waals surface area contributed by atoms with Crippen LogP contribution in [-0.4, -0.2) is 13.9 Å². The van der Waals surface area contributed by atoms with E-state index in [9.17, 15) is 9.00 Å². The summed E-state index contributed by atoms with van der Waals surface area (Å²) in [6, 6.07) is 6.35. The van der Waals surface area contributed by atoms with Crippen LogP contribution in [0.1, 0.15) is 6.92 Å². The summed E-state index contributed by atoms with van der Waals surface area (Å²) >= 11 is -0.845. The number of thioether (sulfide) groups is 1. The molecule has 0 fully saturated rings. The van der Waals surface area contributed by atoms with Crippen LogP contribution in [0, 0.1) is 0 Å². The third-order valence-electron chi connectivity index (χ3n) is 1.29. The van der Waals surface area contributed by atoms with Crippen LogP contribution in [0.25, 0.3) is 0 Å². The lowest BCUT2D eigenvalue weighted by Gasteiger charge is -1.97. The molecule has 3 nitrogen and oxygen atoms in total. The van der Waals surface area contributed by atoms with Crippen molar-refractivity contribution in [1.82, 2.24) is 0 Å². The molecule has 5 heteroatoms. The second kappa shape index (κ2) is 4.55. The Morgan fingerprint density at radius 1 is 1.38 bits per heavy atom. The van der Waals surface area contributed by atoms with Gasteiger partial charge in [-0.2, -0.15) is 0 Å². The molecule has 1 aromatic rings. The second-order valence-electron chi connectivity index (χ2n) is 2.31. The Morgan fingerprint density at radius 2 is 1.92 bits per heavy atom. The third-order valence-corrected chi connectivity index (χ3v) is 2.76. The van der Waals surface area contributed by atoms with Crippen LogP contribution in [0.3, 0.4) is 0 Å². The van der Waals surface area contributed by atoms with Crippen LogP contribution in [0.15, 0.2) is 34.1 Å². The highest BCUT2D eigenvalue weighted by atomic mass is 32.2. The van der Waals surface area contributed by atoms with E-state index in [0.29, 0.717) is 4.90 Å². The largest absolute Gasteiger partial charge is 0.302 e. The Kier molecular flexibility index (Phi) is 3.65. The highest BCUT2D eigenvalue weighted by molar-refractivity contribution is 8.13. The molecule has 0 aromatic heterocycles. The first-order valence-electron chi connectivity index (χ1n) is 3.49. The minimum absolute atomic E-state index is 0.00197. The average molecular weight is 216 g/mol. The van der Waals surface area contributed by atoms with E-state index in [-0.39, 0.29) is 5.12 Å². The van der Waals surface area contributed by atoms with Gasteiger partial charge in [-0.1, -0.05) is 11.8 Å². The zero-order valence-corrected chi connectivity index (χ0v) is 8.52. The highest BCUT2D eigenvalue weighted by Crippen LogP contribution is 2.19. The summed E-state index contributed by atoms with van der Waals surface area (Å²) in [7, 11) is 0. The molecule has 1 N–H and O–H groups in total. The maximum absolute atomic E-state index is 10.7. The van der Waals surface area contributed by atoms with Gasteiger partial charge in [0.1, 0.15) is 0 Å². The molecule has 13 heavy (non-hydrogen) atoms. The minimum atomic E-state index is -1.94. The van der Waals surface area contributed by atoms with Crippen LogP contribution in [0.5, 0.6) is 0 Å². The Balaban J connectivity index is 2.81. The molecule has 0 amide bonds. The molecule has 0 aliphatic rings. The van der Waals surface area contributed by atoms with Crippen LogP contribution in [-0.2, 0) is 15.9 Å². The van der Waals surface area contributed by atoms with Crippen LogP contribution in [0.4, 0.5) is 0 Å². The van der Waals surface area contributed by atoms with Crippen LogP contribution in [0.2, 0.25) is 0 Å². The van der Waals surface area contributed by atoms with Gasteiger partial charge < -0.3 is 4.55 Å². The lowest BCUT2D eigenvalue weighted by Crippen LogP contribution is -1.87. The van der Waals surface area contributed by atoms with E-state index >= 15 is 0 Å². The van der Waals surface area contributed by atoms with Crippen molar-refractivity contribution in [3.63, 3.8) is 0 Å². The van der Waals surface area contributed by atoms with Crippen molar-refractivity contribution >= 4 is 28.0 Å². The van der Waals surface area contributed by atoms with E-state index in [1.54, 1.807) is 12.1 Å². The molecule has 0 heterocycles. The first-order chi connectivity index (χ1) is 6.09. The summed E-state index contributed by atoms with van der Waals surface area (Å²) in [4.78, 5) is 11.8. The highest BCUT2D eigenvalue weighted by Gasteiger charge is 2.01. The van der Waals surface area contributed by atoms with Crippen LogP contribution >= 0.6 is 11.8 Å². The SMILES string of the molecule is CC(=O)Sc1ccc(S(=O)O)cc1. The van der Waals surface area contributed by atoms with Gasteiger partial charge in [0.05, 0.1) is 4.90 Å². The predicted octanol–water partition coefficient (Wildman–Crippen LogP) is 1.91. The molecule has 1 unspecified atom stereocenters. The summed E-state index contributed by atoms with van der Waals surface area (Å²) in [5.41, 5.74) is 0. The Labute approximate surface area is 82.8 Å². The van der Waals surface area contributed by atoms with Crippen molar-refractivity contribution in [3.05, 3.63) is 24.3 Å². The average Bonchev–Trinajstić information content (AvgIpc) is 2.04. The number of carbonyl (C=O) groups excluding carboxylic acids is 1. The minimum Gasteiger partial charge on any atom is -0.302 e. The number of hydrogen-bond donors (Lipinski definition) is 1. The van der Waals surface area contributed by atoms with Gasteiger partial charge in [0.25, 0.3) is 0 Å². The first kappa shape index (κ1) is 10.4. The third kappa shape index (κ3) is 3.30. The standard InChI is InChI=1S/C8H8O3S2/c1-6(9)12-7-2-4-8(5-3-7)13(10)11/h2-5H,1H3,(H,10,11). The normalized spacial score (nSPS) is 12.5. The van der Waals surface area contributed by atoms with Gasteiger partial charge in [-0.3, -0.25) is 4.79 Å². The molecule has 1 rings (SSSR count). The van der Waals surface area contributed by atoms with Gasteiger partial charge >= 0.3 is 0 Å². The van der Waals surface area contributed by atoms with Gasteiger partial charge in [0.2, 0.25) is 0 Å². The maximum atomic E-state index is 10.7. The lowest BCUT2D eigenvalue weighted by molar-refractivity contribution is -0.109. The monoisotopic (exact) mass is 216 g/mol. The van der Waals surface area contributed by atoms with Crippen molar-refractivity contribution in [2.24, 2.45) is 0 Å². The van der Waals surface area contributed by atoms with E-state index in [2.05, 4.69) is 0 Å². The molecule has 0 spiro atoms. The van der Waals surface area contributed by atoms with E-state index in [1.807, 2.05) is 0 Å². The molecule has 1 atom stereocenters. The Morgan fingerprint density at radius 3 is 2.31 bits per heavy atom. The lowest BCUT2D eigenvalue weighted by atomic mass is 10.4.